The van der Waals surface area contributed by atoms with E-state index >= 15 is 0 Å². The van der Waals surface area contributed by atoms with Crippen LogP contribution in [-0.2, 0) is 0 Å². The van der Waals surface area contributed by atoms with Crippen molar-refractivity contribution in [1.29, 1.82) is 0 Å². The predicted molar refractivity (Wildman–Crippen MR) is 225 cm³/mol. The first-order valence-corrected chi connectivity index (χ1v) is 18.6. The van der Waals surface area contributed by atoms with E-state index in [1.807, 2.05) is 11.3 Å². The third-order valence-corrected chi connectivity index (χ3v) is 11.4. The first-order chi connectivity index (χ1) is 25.8. The van der Waals surface area contributed by atoms with Gasteiger partial charge < -0.3 is 4.90 Å². The van der Waals surface area contributed by atoms with Crippen LogP contribution < -0.4 is 4.90 Å². The Kier molecular flexibility index (Phi) is 7.41. The van der Waals surface area contributed by atoms with Gasteiger partial charge in [0.2, 0.25) is 0 Å². The standard InChI is InChI=1S/C50H33NS/c1-4-16-34(17-5-1)48-43-26-11-10-24-40(43)41-31-30-37(33-45(41)49(48)35-18-6-2-7-19-35)36-20-14-23-39(32-36)51(38-21-8-3-9-22-38)46-28-15-27-44-42-25-12-13-29-47(42)52-50(44)46/h1-33H. The molecule has 0 unspecified atom stereocenters. The van der Waals surface area contributed by atoms with E-state index in [0.29, 0.717) is 0 Å². The highest BCUT2D eigenvalue weighted by Crippen LogP contribution is 2.47. The van der Waals surface area contributed by atoms with Gasteiger partial charge in [-0.15, -0.1) is 11.3 Å². The van der Waals surface area contributed by atoms with Crippen LogP contribution in [0.4, 0.5) is 17.1 Å². The van der Waals surface area contributed by atoms with Crippen LogP contribution in [0.2, 0.25) is 0 Å². The lowest BCUT2D eigenvalue weighted by Crippen LogP contribution is -2.10. The van der Waals surface area contributed by atoms with Crippen molar-refractivity contribution in [1.82, 2.24) is 0 Å². The van der Waals surface area contributed by atoms with Crippen LogP contribution in [0.5, 0.6) is 0 Å². The highest BCUT2D eigenvalue weighted by Gasteiger charge is 2.20. The molecule has 10 aromatic rings. The van der Waals surface area contributed by atoms with E-state index < -0.39 is 0 Å². The summed E-state index contributed by atoms with van der Waals surface area (Å²) in [6.07, 6.45) is 0. The van der Waals surface area contributed by atoms with Crippen molar-refractivity contribution < 1.29 is 0 Å². The summed E-state index contributed by atoms with van der Waals surface area (Å²) in [4.78, 5) is 2.42. The van der Waals surface area contributed by atoms with Crippen molar-refractivity contribution in [2.24, 2.45) is 0 Å². The maximum Gasteiger partial charge on any atom is 0.0640 e. The summed E-state index contributed by atoms with van der Waals surface area (Å²) in [6.45, 7) is 0. The summed E-state index contributed by atoms with van der Waals surface area (Å²) in [5.41, 5.74) is 10.8. The van der Waals surface area contributed by atoms with Gasteiger partial charge in [-0.1, -0.05) is 158 Å². The molecule has 0 bridgehead atoms. The molecule has 0 aliphatic carbocycles. The maximum absolute atomic E-state index is 2.42. The Balaban J connectivity index is 1.20. The topological polar surface area (TPSA) is 3.24 Å². The van der Waals surface area contributed by atoms with E-state index in [2.05, 4.69) is 205 Å². The fraction of sp³-hybridized carbons (Fsp3) is 0. The molecule has 0 saturated carbocycles. The van der Waals surface area contributed by atoms with E-state index in [4.69, 9.17) is 0 Å². The van der Waals surface area contributed by atoms with Crippen molar-refractivity contribution in [3.05, 3.63) is 200 Å². The minimum absolute atomic E-state index is 1.13. The Bertz CT molecular complexity index is 2890. The van der Waals surface area contributed by atoms with E-state index in [0.717, 1.165) is 11.4 Å². The average Bonchev–Trinajstić information content (AvgIpc) is 3.61. The first kappa shape index (κ1) is 30.4. The van der Waals surface area contributed by atoms with Gasteiger partial charge in [-0.3, -0.25) is 0 Å². The second-order valence-corrected chi connectivity index (χ2v) is 14.3. The predicted octanol–water partition coefficient (Wildman–Crippen LogP) is 14.8. The molecular formula is C50H33NS. The Hall–Kier alpha value is -6.48. The highest BCUT2D eigenvalue weighted by atomic mass is 32.1. The number of thiophene rings is 1. The third kappa shape index (κ3) is 5.07. The molecule has 0 saturated heterocycles. The Morgan fingerprint density at radius 3 is 1.58 bits per heavy atom. The molecule has 0 N–H and O–H groups in total. The maximum atomic E-state index is 2.42. The molecule has 0 aliphatic rings. The summed E-state index contributed by atoms with van der Waals surface area (Å²) in [5.74, 6) is 0. The van der Waals surface area contributed by atoms with Crippen molar-refractivity contribution >= 4 is 70.1 Å². The van der Waals surface area contributed by atoms with Crippen molar-refractivity contribution in [3.63, 3.8) is 0 Å². The highest BCUT2D eigenvalue weighted by molar-refractivity contribution is 7.26. The molecule has 10 rings (SSSR count). The number of anilines is 3. The number of hydrogen-bond acceptors (Lipinski definition) is 2. The summed E-state index contributed by atoms with van der Waals surface area (Å²) >= 11 is 1.87. The van der Waals surface area contributed by atoms with Gasteiger partial charge in [-0.25, -0.2) is 0 Å². The van der Waals surface area contributed by atoms with Crippen molar-refractivity contribution in [2.45, 2.75) is 0 Å². The lowest BCUT2D eigenvalue weighted by molar-refractivity contribution is 1.30. The molecule has 0 atom stereocenters. The minimum Gasteiger partial charge on any atom is -0.309 e. The normalized spacial score (nSPS) is 11.5. The molecule has 9 aromatic carbocycles. The zero-order chi connectivity index (χ0) is 34.4. The molecule has 244 valence electrons. The number of benzene rings is 9. The molecule has 1 nitrogen and oxygen atoms in total. The van der Waals surface area contributed by atoms with Crippen LogP contribution in [0.1, 0.15) is 0 Å². The van der Waals surface area contributed by atoms with E-state index in [-0.39, 0.29) is 0 Å². The van der Waals surface area contributed by atoms with E-state index in [9.17, 15) is 0 Å². The van der Waals surface area contributed by atoms with Crippen LogP contribution in [0.3, 0.4) is 0 Å². The minimum atomic E-state index is 1.13. The number of fused-ring (bicyclic) bond motifs is 6. The molecule has 0 radical (unpaired) electrons. The van der Waals surface area contributed by atoms with Gasteiger partial charge in [0.05, 0.1) is 10.4 Å². The molecular weight excluding hydrogens is 647 g/mol. The molecule has 0 amide bonds. The summed E-state index contributed by atoms with van der Waals surface area (Å²) in [6, 6.07) is 72.9. The zero-order valence-corrected chi connectivity index (χ0v) is 29.2. The quantitative estimate of drug-likeness (QED) is 0.158. The largest absolute Gasteiger partial charge is 0.309 e. The number of hydrogen-bond donors (Lipinski definition) is 0. The smallest absolute Gasteiger partial charge is 0.0640 e. The van der Waals surface area contributed by atoms with Crippen LogP contribution >= 0.6 is 11.3 Å². The van der Waals surface area contributed by atoms with Crippen LogP contribution in [0.15, 0.2) is 200 Å². The fourth-order valence-corrected chi connectivity index (χ4v) is 9.12. The lowest BCUT2D eigenvalue weighted by atomic mass is 9.84. The van der Waals surface area contributed by atoms with E-state index in [1.54, 1.807) is 0 Å². The molecule has 1 aromatic heterocycles. The Morgan fingerprint density at radius 2 is 0.827 bits per heavy atom. The van der Waals surface area contributed by atoms with Gasteiger partial charge >= 0.3 is 0 Å². The molecule has 0 spiro atoms. The van der Waals surface area contributed by atoms with Gasteiger partial charge in [0.25, 0.3) is 0 Å². The zero-order valence-electron chi connectivity index (χ0n) is 28.4. The fourth-order valence-electron chi connectivity index (χ4n) is 7.92. The molecule has 0 fully saturated rings. The van der Waals surface area contributed by atoms with Crippen LogP contribution in [-0.4, -0.2) is 0 Å². The number of rotatable bonds is 6. The SMILES string of the molecule is c1ccc(-c2c(-c3ccccc3)c3cc(-c4cccc(N(c5ccccc5)c5cccc6c5sc5ccccc56)c4)ccc3c3ccccc23)cc1. The van der Waals surface area contributed by atoms with Crippen LogP contribution in [0, 0.1) is 0 Å². The molecule has 52 heavy (non-hydrogen) atoms. The van der Waals surface area contributed by atoms with Gasteiger partial charge in [0.15, 0.2) is 0 Å². The average molecular weight is 680 g/mol. The Labute approximate surface area is 307 Å². The summed E-state index contributed by atoms with van der Waals surface area (Å²) in [7, 11) is 0. The molecule has 1 heterocycles. The van der Waals surface area contributed by atoms with Gasteiger partial charge in [0, 0.05) is 26.8 Å². The second kappa shape index (κ2) is 12.7. The third-order valence-electron chi connectivity index (χ3n) is 10.2. The molecule has 2 heteroatoms. The van der Waals surface area contributed by atoms with Gasteiger partial charge in [-0.2, -0.15) is 0 Å². The van der Waals surface area contributed by atoms with Crippen molar-refractivity contribution in [2.75, 3.05) is 4.90 Å². The van der Waals surface area contributed by atoms with Gasteiger partial charge in [0.1, 0.15) is 0 Å². The first-order valence-electron chi connectivity index (χ1n) is 17.8. The Morgan fingerprint density at radius 1 is 0.308 bits per heavy atom. The van der Waals surface area contributed by atoms with Crippen LogP contribution in [0.25, 0.3) is 75.1 Å². The molecule has 0 aliphatic heterocycles. The monoisotopic (exact) mass is 679 g/mol. The number of para-hydroxylation sites is 1. The summed E-state index contributed by atoms with van der Waals surface area (Å²) in [5, 5.41) is 7.64. The van der Waals surface area contributed by atoms with Crippen molar-refractivity contribution in [3.8, 4) is 33.4 Å². The number of nitrogens with zero attached hydrogens (tertiary/aromatic N) is 1. The van der Waals surface area contributed by atoms with E-state index in [1.165, 1.54) is 80.8 Å². The summed E-state index contributed by atoms with van der Waals surface area (Å²) < 4.78 is 2.59. The second-order valence-electron chi connectivity index (χ2n) is 13.3. The van der Waals surface area contributed by atoms with Gasteiger partial charge in [-0.05, 0) is 97.4 Å². The lowest BCUT2D eigenvalue weighted by Gasteiger charge is -2.26.